The molecule has 0 aromatic rings. The lowest BCUT2D eigenvalue weighted by Crippen LogP contribution is -2.32. The third-order valence-corrected chi connectivity index (χ3v) is 2.41. The number of hydrogen-bond donors (Lipinski definition) is 1. The van der Waals surface area contributed by atoms with Crippen molar-refractivity contribution in [1.82, 2.24) is 0 Å². The second-order valence-corrected chi connectivity index (χ2v) is 3.36. The van der Waals surface area contributed by atoms with Crippen molar-refractivity contribution in [3.05, 3.63) is 0 Å². The Morgan fingerprint density at radius 3 is 2.55 bits per heavy atom. The zero-order chi connectivity index (χ0) is 8.48. The standard InChI is InChI=1S/C8H14O3/c1-8(11-2,5-7(9)10)6-3-4-6/h6H,3-5H2,1-2H3,(H,9,10). The third kappa shape index (κ3) is 1.93. The highest BCUT2D eigenvalue weighted by atomic mass is 16.5. The van der Waals surface area contributed by atoms with E-state index in [4.69, 9.17) is 9.84 Å². The van der Waals surface area contributed by atoms with Gasteiger partial charge in [0, 0.05) is 7.11 Å². The molecule has 0 bridgehead atoms. The number of aliphatic carboxylic acids is 1. The number of methoxy groups -OCH3 is 1. The van der Waals surface area contributed by atoms with Gasteiger partial charge in [-0.1, -0.05) is 0 Å². The fourth-order valence-electron chi connectivity index (χ4n) is 1.38. The number of carbonyl (C=O) groups is 1. The first-order chi connectivity index (χ1) is 5.08. The Morgan fingerprint density at radius 2 is 2.27 bits per heavy atom. The monoisotopic (exact) mass is 158 g/mol. The van der Waals surface area contributed by atoms with Crippen LogP contribution >= 0.6 is 0 Å². The summed E-state index contributed by atoms with van der Waals surface area (Å²) in [5.74, 6) is -0.315. The van der Waals surface area contributed by atoms with Crippen LogP contribution in [0.1, 0.15) is 26.2 Å². The highest BCUT2D eigenvalue weighted by molar-refractivity contribution is 5.68. The molecular formula is C8H14O3. The first-order valence-electron chi connectivity index (χ1n) is 3.85. The van der Waals surface area contributed by atoms with E-state index in [0.29, 0.717) is 5.92 Å². The smallest absolute Gasteiger partial charge is 0.306 e. The predicted molar refractivity (Wildman–Crippen MR) is 40.4 cm³/mol. The summed E-state index contributed by atoms with van der Waals surface area (Å²) in [6, 6.07) is 0. The van der Waals surface area contributed by atoms with Crippen molar-refractivity contribution in [1.29, 1.82) is 0 Å². The molecule has 0 aromatic heterocycles. The molecule has 1 fully saturated rings. The summed E-state index contributed by atoms with van der Waals surface area (Å²) in [5.41, 5.74) is -0.425. The first-order valence-corrected chi connectivity index (χ1v) is 3.85. The van der Waals surface area contributed by atoms with E-state index in [2.05, 4.69) is 0 Å². The molecule has 1 unspecified atom stereocenters. The van der Waals surface area contributed by atoms with Crippen LogP contribution in [0.2, 0.25) is 0 Å². The highest BCUT2D eigenvalue weighted by Crippen LogP contribution is 2.43. The van der Waals surface area contributed by atoms with E-state index in [1.54, 1.807) is 7.11 Å². The van der Waals surface area contributed by atoms with Crippen LogP contribution in [0.4, 0.5) is 0 Å². The van der Waals surface area contributed by atoms with Crippen molar-refractivity contribution in [2.45, 2.75) is 31.8 Å². The van der Waals surface area contributed by atoms with Gasteiger partial charge in [0.15, 0.2) is 0 Å². The predicted octanol–water partition coefficient (Wildman–Crippen LogP) is 1.28. The molecule has 1 aliphatic carbocycles. The van der Waals surface area contributed by atoms with E-state index in [-0.39, 0.29) is 6.42 Å². The second-order valence-electron chi connectivity index (χ2n) is 3.36. The molecule has 0 saturated heterocycles. The van der Waals surface area contributed by atoms with E-state index in [9.17, 15) is 4.79 Å². The normalized spacial score (nSPS) is 22.7. The van der Waals surface area contributed by atoms with Crippen LogP contribution in [-0.2, 0) is 9.53 Å². The van der Waals surface area contributed by atoms with Gasteiger partial charge in [0.05, 0.1) is 12.0 Å². The summed E-state index contributed by atoms with van der Waals surface area (Å²) in [5, 5.41) is 8.58. The molecule has 3 nitrogen and oxygen atoms in total. The Bertz CT molecular complexity index is 163. The number of carboxylic acids is 1. The van der Waals surface area contributed by atoms with Crippen molar-refractivity contribution >= 4 is 5.97 Å². The molecule has 1 atom stereocenters. The Hall–Kier alpha value is -0.570. The maximum atomic E-state index is 10.4. The number of hydrogen-bond acceptors (Lipinski definition) is 2. The number of ether oxygens (including phenoxy) is 1. The Morgan fingerprint density at radius 1 is 1.73 bits per heavy atom. The molecule has 0 radical (unpaired) electrons. The summed E-state index contributed by atoms with van der Waals surface area (Å²) in [6.07, 6.45) is 2.34. The van der Waals surface area contributed by atoms with Gasteiger partial charge in [-0.15, -0.1) is 0 Å². The molecule has 1 aliphatic rings. The average Bonchev–Trinajstić information content (AvgIpc) is 2.66. The number of carboxylic acid groups (broad SMARTS) is 1. The molecular weight excluding hydrogens is 144 g/mol. The van der Waals surface area contributed by atoms with Crippen molar-refractivity contribution in [2.75, 3.05) is 7.11 Å². The van der Waals surface area contributed by atoms with E-state index in [1.807, 2.05) is 6.92 Å². The molecule has 1 rings (SSSR count). The molecule has 0 aromatic carbocycles. The molecule has 0 aliphatic heterocycles. The van der Waals surface area contributed by atoms with Crippen molar-refractivity contribution in [2.24, 2.45) is 5.92 Å². The van der Waals surface area contributed by atoms with Crippen LogP contribution < -0.4 is 0 Å². The van der Waals surface area contributed by atoms with Crippen LogP contribution in [0.3, 0.4) is 0 Å². The lowest BCUT2D eigenvalue weighted by atomic mass is 9.96. The van der Waals surface area contributed by atoms with Gasteiger partial charge in [-0.05, 0) is 25.7 Å². The SMILES string of the molecule is COC(C)(CC(=O)O)C1CC1. The first kappa shape index (κ1) is 8.53. The minimum atomic E-state index is -0.777. The Kier molecular flexibility index (Phi) is 2.18. The van der Waals surface area contributed by atoms with Gasteiger partial charge in [-0.2, -0.15) is 0 Å². The largest absolute Gasteiger partial charge is 0.481 e. The lowest BCUT2D eigenvalue weighted by molar-refractivity contribution is -0.144. The zero-order valence-electron chi connectivity index (χ0n) is 6.96. The molecule has 11 heavy (non-hydrogen) atoms. The van der Waals surface area contributed by atoms with Crippen LogP contribution in [0.15, 0.2) is 0 Å². The van der Waals surface area contributed by atoms with Crippen LogP contribution in [0.25, 0.3) is 0 Å². The maximum Gasteiger partial charge on any atom is 0.306 e. The molecule has 0 amide bonds. The van der Waals surface area contributed by atoms with Gasteiger partial charge < -0.3 is 9.84 Å². The summed E-state index contributed by atoms with van der Waals surface area (Å²) in [6.45, 7) is 1.87. The van der Waals surface area contributed by atoms with Crippen molar-refractivity contribution < 1.29 is 14.6 Å². The van der Waals surface area contributed by atoms with Gasteiger partial charge >= 0.3 is 5.97 Å². The van der Waals surface area contributed by atoms with Crippen molar-refractivity contribution in [3.8, 4) is 0 Å². The van der Waals surface area contributed by atoms with Gasteiger partial charge in [0.1, 0.15) is 0 Å². The molecule has 0 spiro atoms. The van der Waals surface area contributed by atoms with Gasteiger partial charge in [0.2, 0.25) is 0 Å². The van der Waals surface area contributed by atoms with Crippen LogP contribution in [0, 0.1) is 5.92 Å². The summed E-state index contributed by atoms with van der Waals surface area (Å²) in [7, 11) is 1.58. The Labute approximate surface area is 66.4 Å². The fourth-order valence-corrected chi connectivity index (χ4v) is 1.38. The molecule has 1 N–H and O–H groups in total. The maximum absolute atomic E-state index is 10.4. The minimum Gasteiger partial charge on any atom is -0.481 e. The topological polar surface area (TPSA) is 46.5 Å². The summed E-state index contributed by atoms with van der Waals surface area (Å²) < 4.78 is 5.19. The minimum absolute atomic E-state index is 0.119. The zero-order valence-corrected chi connectivity index (χ0v) is 6.96. The summed E-state index contributed by atoms with van der Waals surface area (Å²) >= 11 is 0. The third-order valence-electron chi connectivity index (χ3n) is 2.41. The van der Waals surface area contributed by atoms with Gasteiger partial charge in [-0.25, -0.2) is 0 Å². The summed E-state index contributed by atoms with van der Waals surface area (Å²) in [4.78, 5) is 10.4. The van der Waals surface area contributed by atoms with Gasteiger partial charge in [0.25, 0.3) is 0 Å². The average molecular weight is 158 g/mol. The molecule has 1 saturated carbocycles. The van der Waals surface area contributed by atoms with Crippen LogP contribution in [0.5, 0.6) is 0 Å². The molecule has 0 heterocycles. The van der Waals surface area contributed by atoms with E-state index < -0.39 is 11.6 Å². The van der Waals surface area contributed by atoms with E-state index in [0.717, 1.165) is 12.8 Å². The van der Waals surface area contributed by atoms with Crippen molar-refractivity contribution in [3.63, 3.8) is 0 Å². The molecule has 64 valence electrons. The second kappa shape index (κ2) is 2.81. The highest BCUT2D eigenvalue weighted by Gasteiger charge is 2.43. The van der Waals surface area contributed by atoms with E-state index in [1.165, 1.54) is 0 Å². The van der Waals surface area contributed by atoms with Crippen LogP contribution in [-0.4, -0.2) is 23.8 Å². The Balaban J connectivity index is 2.51. The van der Waals surface area contributed by atoms with E-state index >= 15 is 0 Å². The quantitative estimate of drug-likeness (QED) is 0.670. The van der Waals surface area contributed by atoms with Gasteiger partial charge in [-0.3, -0.25) is 4.79 Å². The molecule has 3 heteroatoms. The lowest BCUT2D eigenvalue weighted by Gasteiger charge is -2.25. The fraction of sp³-hybridized carbons (Fsp3) is 0.875. The number of rotatable bonds is 4.